The summed E-state index contributed by atoms with van der Waals surface area (Å²) in [6.45, 7) is 8.90. The molecule has 6 nitrogen and oxygen atoms in total. The Hall–Kier alpha value is -2.15. The molecule has 0 bridgehead atoms. The van der Waals surface area contributed by atoms with Crippen LogP contribution in [0.3, 0.4) is 0 Å². The lowest BCUT2D eigenvalue weighted by Crippen LogP contribution is -2.37. The predicted molar refractivity (Wildman–Crippen MR) is 103 cm³/mol. The summed E-state index contributed by atoms with van der Waals surface area (Å²) in [6, 6.07) is 9.73. The smallest absolute Gasteiger partial charge is 0.224 e. The van der Waals surface area contributed by atoms with Gasteiger partial charge in [-0.1, -0.05) is 18.2 Å². The van der Waals surface area contributed by atoms with Crippen molar-refractivity contribution in [3.05, 3.63) is 47.3 Å². The van der Waals surface area contributed by atoms with Gasteiger partial charge in [0.05, 0.1) is 28.3 Å². The molecule has 2 aromatic rings. The van der Waals surface area contributed by atoms with Gasteiger partial charge in [-0.15, -0.1) is 0 Å². The number of carbonyl (C=O) groups is 1. The third kappa shape index (κ3) is 4.52. The van der Waals surface area contributed by atoms with E-state index in [1.54, 1.807) is 20.8 Å². The maximum absolute atomic E-state index is 12.3. The van der Waals surface area contributed by atoms with Gasteiger partial charge in [-0.2, -0.15) is 5.10 Å². The molecular weight excluding hydrogens is 350 g/mol. The Morgan fingerprint density at radius 3 is 2.35 bits per heavy atom. The Bertz CT molecular complexity index is 879. The number of aryl methyl sites for hydroxylation is 1. The largest absolute Gasteiger partial charge is 0.355 e. The molecule has 7 heteroatoms. The van der Waals surface area contributed by atoms with Crippen molar-refractivity contribution >= 4 is 15.7 Å². The van der Waals surface area contributed by atoms with Crippen molar-refractivity contribution in [2.45, 2.75) is 45.8 Å². The van der Waals surface area contributed by atoms with Gasteiger partial charge < -0.3 is 5.32 Å². The van der Waals surface area contributed by atoms with Gasteiger partial charge >= 0.3 is 0 Å². The van der Waals surface area contributed by atoms with Crippen LogP contribution >= 0.6 is 0 Å². The third-order valence-corrected chi connectivity index (χ3v) is 7.01. The van der Waals surface area contributed by atoms with Crippen LogP contribution in [0.2, 0.25) is 0 Å². The van der Waals surface area contributed by atoms with Crippen LogP contribution in [0.15, 0.2) is 30.3 Å². The number of nitrogens with zero attached hydrogens (tertiary/aromatic N) is 2. The fourth-order valence-corrected chi connectivity index (χ4v) is 3.59. The van der Waals surface area contributed by atoms with E-state index >= 15 is 0 Å². The highest BCUT2D eigenvalue weighted by Crippen LogP contribution is 2.18. The van der Waals surface area contributed by atoms with E-state index in [1.165, 1.54) is 0 Å². The molecule has 0 aliphatic rings. The molecule has 142 valence electrons. The molecule has 2 rings (SSSR count). The number of hydrogen-bond acceptors (Lipinski definition) is 4. The van der Waals surface area contributed by atoms with E-state index in [0.717, 1.165) is 22.6 Å². The molecule has 1 aromatic carbocycles. The monoisotopic (exact) mass is 377 g/mol. The van der Waals surface area contributed by atoms with Crippen molar-refractivity contribution < 1.29 is 13.2 Å². The number of sulfone groups is 1. The van der Waals surface area contributed by atoms with Crippen molar-refractivity contribution in [2.75, 3.05) is 12.3 Å². The molecule has 0 fully saturated rings. The first-order valence-corrected chi connectivity index (χ1v) is 10.3. The highest BCUT2D eigenvalue weighted by Gasteiger charge is 2.28. The maximum Gasteiger partial charge on any atom is 0.224 e. The number of amides is 1. The zero-order valence-electron chi connectivity index (χ0n) is 16.0. The number of carbonyl (C=O) groups excluding carboxylic acids is 1. The molecule has 1 N–H and O–H groups in total. The van der Waals surface area contributed by atoms with Gasteiger partial charge in [-0.05, 0) is 46.8 Å². The third-order valence-electron chi connectivity index (χ3n) is 4.41. The summed E-state index contributed by atoms with van der Waals surface area (Å²) in [5, 5.41) is 7.23. The second-order valence-corrected chi connectivity index (χ2v) is 10.2. The Morgan fingerprint density at radius 2 is 1.77 bits per heavy atom. The first-order chi connectivity index (χ1) is 12.0. The van der Waals surface area contributed by atoms with E-state index in [1.807, 2.05) is 48.9 Å². The van der Waals surface area contributed by atoms with Crippen molar-refractivity contribution in [2.24, 2.45) is 0 Å². The quantitative estimate of drug-likeness (QED) is 0.838. The van der Waals surface area contributed by atoms with Crippen LogP contribution in [0.4, 0.5) is 0 Å². The molecule has 1 amide bonds. The second kappa shape index (κ2) is 7.61. The molecule has 0 unspecified atom stereocenters. The summed E-state index contributed by atoms with van der Waals surface area (Å²) in [6.07, 6.45) is 0.181. The molecule has 1 heterocycles. The Labute approximate surface area is 155 Å². The van der Waals surface area contributed by atoms with Crippen molar-refractivity contribution in [1.82, 2.24) is 15.1 Å². The van der Waals surface area contributed by atoms with E-state index in [0.29, 0.717) is 0 Å². The molecule has 0 saturated heterocycles. The fraction of sp³-hybridized carbons (Fsp3) is 0.474. The van der Waals surface area contributed by atoms with Crippen LogP contribution < -0.4 is 5.32 Å². The highest BCUT2D eigenvalue weighted by atomic mass is 32.2. The second-order valence-electron chi connectivity index (χ2n) is 7.35. The first-order valence-electron chi connectivity index (χ1n) is 8.62. The number of aromatic nitrogens is 2. The zero-order valence-corrected chi connectivity index (χ0v) is 16.9. The molecule has 0 atom stereocenters. The Kier molecular flexibility index (Phi) is 5.91. The number of hydrogen-bond donors (Lipinski definition) is 1. The minimum atomic E-state index is -3.25. The van der Waals surface area contributed by atoms with Gasteiger partial charge in [-0.25, -0.2) is 13.1 Å². The van der Waals surface area contributed by atoms with E-state index in [-0.39, 0.29) is 24.6 Å². The highest BCUT2D eigenvalue weighted by molar-refractivity contribution is 7.92. The molecule has 0 aliphatic carbocycles. The van der Waals surface area contributed by atoms with Gasteiger partial charge in [0.1, 0.15) is 0 Å². The number of rotatable bonds is 6. The standard InChI is InChI=1S/C19H27N3O3S/c1-14-17(15(2)22(21-14)16-9-7-6-8-10-16)13-18(23)20-11-12-26(24,25)19(3,4)5/h6-10H,11-13H2,1-5H3,(H,20,23). The molecular formula is C19H27N3O3S. The molecule has 0 spiro atoms. The van der Waals surface area contributed by atoms with Crippen LogP contribution in [-0.2, 0) is 21.1 Å². The summed E-state index contributed by atoms with van der Waals surface area (Å²) in [7, 11) is -3.25. The van der Waals surface area contributed by atoms with Crippen molar-refractivity contribution in [3.8, 4) is 5.69 Å². The average Bonchev–Trinajstić information content (AvgIpc) is 2.82. The molecule has 0 aliphatic heterocycles. The summed E-state index contributed by atoms with van der Waals surface area (Å²) >= 11 is 0. The Balaban J connectivity index is 2.03. The van der Waals surface area contributed by atoms with Crippen LogP contribution in [0.25, 0.3) is 5.69 Å². The van der Waals surface area contributed by atoms with E-state index in [9.17, 15) is 13.2 Å². The van der Waals surface area contributed by atoms with Gasteiger partial charge in [0.15, 0.2) is 9.84 Å². The molecule has 0 radical (unpaired) electrons. The normalized spacial score (nSPS) is 12.2. The lowest BCUT2D eigenvalue weighted by molar-refractivity contribution is -0.120. The van der Waals surface area contributed by atoms with Gasteiger partial charge in [0, 0.05) is 17.8 Å². The van der Waals surface area contributed by atoms with Crippen molar-refractivity contribution in [3.63, 3.8) is 0 Å². The minimum absolute atomic E-state index is 0.0660. The molecule has 1 aromatic heterocycles. The summed E-state index contributed by atoms with van der Waals surface area (Å²) in [5.41, 5.74) is 3.51. The summed E-state index contributed by atoms with van der Waals surface area (Å²) < 4.78 is 25.2. The Morgan fingerprint density at radius 1 is 1.15 bits per heavy atom. The van der Waals surface area contributed by atoms with Crippen LogP contribution in [0.1, 0.15) is 37.7 Å². The lowest BCUT2D eigenvalue weighted by Gasteiger charge is -2.19. The predicted octanol–water partition coefficient (Wildman–Crippen LogP) is 2.36. The van der Waals surface area contributed by atoms with E-state index in [2.05, 4.69) is 10.4 Å². The van der Waals surface area contributed by atoms with Gasteiger partial charge in [-0.3, -0.25) is 4.79 Å². The minimum Gasteiger partial charge on any atom is -0.355 e. The number of para-hydroxylation sites is 1. The summed E-state index contributed by atoms with van der Waals surface area (Å²) in [5.74, 6) is -0.267. The molecule has 0 saturated carbocycles. The molecule has 26 heavy (non-hydrogen) atoms. The van der Waals surface area contributed by atoms with Gasteiger partial charge in [0.2, 0.25) is 5.91 Å². The maximum atomic E-state index is 12.3. The van der Waals surface area contributed by atoms with Crippen LogP contribution in [0.5, 0.6) is 0 Å². The lowest BCUT2D eigenvalue weighted by atomic mass is 10.1. The van der Waals surface area contributed by atoms with E-state index < -0.39 is 14.6 Å². The number of benzene rings is 1. The van der Waals surface area contributed by atoms with E-state index in [4.69, 9.17) is 0 Å². The summed E-state index contributed by atoms with van der Waals surface area (Å²) in [4.78, 5) is 12.3. The average molecular weight is 378 g/mol. The topological polar surface area (TPSA) is 81.1 Å². The van der Waals surface area contributed by atoms with Gasteiger partial charge in [0.25, 0.3) is 0 Å². The van der Waals surface area contributed by atoms with Crippen molar-refractivity contribution in [1.29, 1.82) is 0 Å². The fourth-order valence-electron chi connectivity index (χ4n) is 2.61. The first kappa shape index (κ1) is 20.2. The number of nitrogens with one attached hydrogen (secondary N) is 1. The zero-order chi connectivity index (χ0) is 19.5. The van der Waals surface area contributed by atoms with Crippen LogP contribution in [-0.4, -0.2) is 41.2 Å². The van der Waals surface area contributed by atoms with Crippen LogP contribution in [0, 0.1) is 13.8 Å². The SMILES string of the molecule is Cc1nn(-c2ccccc2)c(C)c1CC(=O)NCCS(=O)(=O)C(C)(C)C.